The molecule has 3 heteroatoms. The van der Waals surface area contributed by atoms with Crippen molar-refractivity contribution in [3.05, 3.63) is 34.9 Å². The third-order valence-electron chi connectivity index (χ3n) is 3.05. The number of carboxylic acids is 1. The molecule has 0 radical (unpaired) electrons. The normalized spacial score (nSPS) is 19.7. The van der Waals surface area contributed by atoms with E-state index in [1.165, 1.54) is 0 Å². The van der Waals surface area contributed by atoms with Gasteiger partial charge in [0.1, 0.15) is 0 Å². The number of aromatic carboxylic acids is 1. The summed E-state index contributed by atoms with van der Waals surface area (Å²) in [6.45, 7) is 0.152. The third kappa shape index (κ3) is 1.88. The molecule has 2 N–H and O–H groups in total. The van der Waals surface area contributed by atoms with E-state index < -0.39 is 5.97 Å². The van der Waals surface area contributed by atoms with Crippen molar-refractivity contribution in [2.45, 2.75) is 25.2 Å². The van der Waals surface area contributed by atoms with Crippen LogP contribution in [0.5, 0.6) is 0 Å². The Kier molecular flexibility index (Phi) is 2.73. The van der Waals surface area contributed by atoms with E-state index in [4.69, 9.17) is 5.11 Å². The average molecular weight is 206 g/mol. The lowest BCUT2D eigenvalue weighted by atomic mass is 9.82. The molecule has 1 aromatic rings. The Bertz CT molecular complexity index is 384. The zero-order valence-corrected chi connectivity index (χ0v) is 8.44. The molecule has 0 aromatic heterocycles. The van der Waals surface area contributed by atoms with Crippen LogP contribution < -0.4 is 0 Å². The van der Waals surface area contributed by atoms with Crippen molar-refractivity contribution in [3.8, 4) is 0 Å². The van der Waals surface area contributed by atoms with Crippen LogP contribution in [-0.2, 0) is 6.42 Å². The molecule has 80 valence electrons. The molecule has 0 heterocycles. The first-order valence-electron chi connectivity index (χ1n) is 5.19. The average Bonchev–Trinajstić information content (AvgIpc) is 2.27. The van der Waals surface area contributed by atoms with Gasteiger partial charge in [-0.1, -0.05) is 6.07 Å². The van der Waals surface area contributed by atoms with Crippen LogP contribution in [0.1, 0.15) is 40.2 Å². The van der Waals surface area contributed by atoms with E-state index in [9.17, 15) is 9.90 Å². The number of aliphatic hydroxyl groups is 1. The van der Waals surface area contributed by atoms with Gasteiger partial charge < -0.3 is 10.2 Å². The largest absolute Gasteiger partial charge is 0.478 e. The predicted octanol–water partition coefficient (Wildman–Crippen LogP) is 1.80. The summed E-state index contributed by atoms with van der Waals surface area (Å²) in [6.07, 6.45) is 2.95. The zero-order valence-electron chi connectivity index (χ0n) is 8.44. The molecule has 1 aromatic carbocycles. The number of fused-ring (bicyclic) bond motifs is 1. The standard InChI is InChI=1S/C12H14O3/c13-7-10-3-1-2-8-6-9(12(14)15)4-5-11(8)10/h4-6,10,13H,1-3,7H2,(H,14,15). The van der Waals surface area contributed by atoms with Crippen LogP contribution in [0, 0.1) is 0 Å². The molecule has 1 aliphatic rings. The molecule has 3 nitrogen and oxygen atoms in total. The summed E-state index contributed by atoms with van der Waals surface area (Å²) in [5.41, 5.74) is 2.54. The summed E-state index contributed by atoms with van der Waals surface area (Å²) in [4.78, 5) is 10.8. The Labute approximate surface area is 88.4 Å². The fourth-order valence-corrected chi connectivity index (χ4v) is 2.24. The predicted molar refractivity (Wildman–Crippen MR) is 56.2 cm³/mol. The number of hydrogen-bond acceptors (Lipinski definition) is 2. The van der Waals surface area contributed by atoms with Crippen molar-refractivity contribution in [1.82, 2.24) is 0 Å². The summed E-state index contributed by atoms with van der Waals surface area (Å²) < 4.78 is 0. The highest BCUT2D eigenvalue weighted by Gasteiger charge is 2.20. The van der Waals surface area contributed by atoms with E-state index in [1.807, 2.05) is 6.07 Å². The molecule has 1 atom stereocenters. The number of rotatable bonds is 2. The molecular weight excluding hydrogens is 192 g/mol. The molecule has 0 saturated carbocycles. The quantitative estimate of drug-likeness (QED) is 0.775. The van der Waals surface area contributed by atoms with Gasteiger partial charge in [0.05, 0.1) is 5.56 Å². The smallest absolute Gasteiger partial charge is 0.335 e. The van der Waals surface area contributed by atoms with Gasteiger partial charge in [0.15, 0.2) is 0 Å². The van der Waals surface area contributed by atoms with Crippen molar-refractivity contribution in [1.29, 1.82) is 0 Å². The maximum atomic E-state index is 10.8. The number of aryl methyl sites for hydroxylation is 1. The highest BCUT2D eigenvalue weighted by atomic mass is 16.4. The first-order valence-corrected chi connectivity index (χ1v) is 5.19. The van der Waals surface area contributed by atoms with Crippen LogP contribution in [0.15, 0.2) is 18.2 Å². The molecule has 15 heavy (non-hydrogen) atoms. The molecule has 0 saturated heterocycles. The number of benzene rings is 1. The monoisotopic (exact) mass is 206 g/mol. The lowest BCUT2D eigenvalue weighted by Gasteiger charge is -2.23. The summed E-state index contributed by atoms with van der Waals surface area (Å²) in [7, 11) is 0. The van der Waals surface area contributed by atoms with E-state index in [0.717, 1.165) is 30.4 Å². The Morgan fingerprint density at radius 1 is 1.47 bits per heavy atom. The Hall–Kier alpha value is -1.35. The highest BCUT2D eigenvalue weighted by molar-refractivity contribution is 5.88. The SMILES string of the molecule is O=C(O)c1ccc2c(c1)CCCC2CO. The van der Waals surface area contributed by atoms with Crippen molar-refractivity contribution >= 4 is 5.97 Å². The molecule has 0 amide bonds. The van der Waals surface area contributed by atoms with Crippen molar-refractivity contribution in [2.75, 3.05) is 6.61 Å². The zero-order chi connectivity index (χ0) is 10.8. The van der Waals surface area contributed by atoms with E-state index >= 15 is 0 Å². The topological polar surface area (TPSA) is 57.5 Å². The van der Waals surface area contributed by atoms with Gasteiger partial charge in [-0.05, 0) is 42.5 Å². The van der Waals surface area contributed by atoms with Crippen molar-refractivity contribution in [3.63, 3.8) is 0 Å². The van der Waals surface area contributed by atoms with Gasteiger partial charge in [-0.2, -0.15) is 0 Å². The number of carboxylic acid groups (broad SMARTS) is 1. The minimum Gasteiger partial charge on any atom is -0.478 e. The van der Waals surface area contributed by atoms with Crippen LogP contribution in [0.2, 0.25) is 0 Å². The van der Waals surface area contributed by atoms with Crippen LogP contribution >= 0.6 is 0 Å². The van der Waals surface area contributed by atoms with E-state index in [-0.39, 0.29) is 12.5 Å². The first-order chi connectivity index (χ1) is 7.22. The minimum atomic E-state index is -0.885. The molecular formula is C12H14O3. The van der Waals surface area contributed by atoms with E-state index in [2.05, 4.69) is 0 Å². The lowest BCUT2D eigenvalue weighted by Crippen LogP contribution is -2.14. The van der Waals surface area contributed by atoms with E-state index in [0.29, 0.717) is 5.56 Å². The maximum absolute atomic E-state index is 10.8. The van der Waals surface area contributed by atoms with Crippen LogP contribution in [0.4, 0.5) is 0 Å². The van der Waals surface area contributed by atoms with Crippen LogP contribution in [-0.4, -0.2) is 22.8 Å². The summed E-state index contributed by atoms with van der Waals surface area (Å²) in [5.74, 6) is -0.694. The highest BCUT2D eigenvalue weighted by Crippen LogP contribution is 2.31. The first kappa shape index (κ1) is 10.2. The summed E-state index contributed by atoms with van der Waals surface area (Å²) in [6, 6.07) is 5.20. The second-order valence-corrected chi connectivity index (χ2v) is 3.99. The third-order valence-corrected chi connectivity index (χ3v) is 3.05. The fraction of sp³-hybridized carbons (Fsp3) is 0.417. The fourth-order valence-electron chi connectivity index (χ4n) is 2.24. The minimum absolute atomic E-state index is 0.152. The second kappa shape index (κ2) is 4.03. The molecule has 0 fully saturated rings. The number of carbonyl (C=O) groups is 1. The number of aliphatic hydroxyl groups excluding tert-OH is 1. The molecule has 0 aliphatic heterocycles. The van der Waals surface area contributed by atoms with Crippen LogP contribution in [0.25, 0.3) is 0 Å². The second-order valence-electron chi connectivity index (χ2n) is 3.99. The van der Waals surface area contributed by atoms with Crippen molar-refractivity contribution in [2.24, 2.45) is 0 Å². The van der Waals surface area contributed by atoms with Gasteiger partial charge in [-0.3, -0.25) is 0 Å². The van der Waals surface area contributed by atoms with Crippen molar-refractivity contribution < 1.29 is 15.0 Å². The molecule has 0 spiro atoms. The summed E-state index contributed by atoms with van der Waals surface area (Å²) >= 11 is 0. The van der Waals surface area contributed by atoms with Gasteiger partial charge >= 0.3 is 5.97 Å². The molecule has 0 bridgehead atoms. The molecule has 1 aliphatic carbocycles. The lowest BCUT2D eigenvalue weighted by molar-refractivity contribution is 0.0696. The Balaban J connectivity index is 2.40. The maximum Gasteiger partial charge on any atom is 0.335 e. The molecule has 2 rings (SSSR count). The van der Waals surface area contributed by atoms with Gasteiger partial charge in [0.25, 0.3) is 0 Å². The summed E-state index contributed by atoms with van der Waals surface area (Å²) in [5, 5.41) is 18.1. The van der Waals surface area contributed by atoms with Gasteiger partial charge in [-0.15, -0.1) is 0 Å². The van der Waals surface area contributed by atoms with Crippen LogP contribution in [0.3, 0.4) is 0 Å². The van der Waals surface area contributed by atoms with Gasteiger partial charge in [0, 0.05) is 12.5 Å². The van der Waals surface area contributed by atoms with Gasteiger partial charge in [0.2, 0.25) is 0 Å². The van der Waals surface area contributed by atoms with E-state index in [1.54, 1.807) is 12.1 Å². The number of hydrogen-bond donors (Lipinski definition) is 2. The Morgan fingerprint density at radius 3 is 2.93 bits per heavy atom. The van der Waals surface area contributed by atoms with Gasteiger partial charge in [-0.25, -0.2) is 4.79 Å². The molecule has 1 unspecified atom stereocenters. The Morgan fingerprint density at radius 2 is 2.27 bits per heavy atom.